The smallest absolute Gasteiger partial charge is 0.297 e. The first-order valence-electron chi connectivity index (χ1n) is 12.9. The van der Waals surface area contributed by atoms with Crippen LogP contribution < -0.4 is 5.32 Å². The Morgan fingerprint density at radius 1 is 0.696 bits per heavy atom. The van der Waals surface area contributed by atoms with Crippen LogP contribution in [-0.2, 0) is 30.4 Å². The van der Waals surface area contributed by atoms with E-state index < -0.39 is 68.1 Å². The number of carbonyl (C=O) groups is 1. The molecule has 0 saturated heterocycles. The Morgan fingerprint density at radius 3 is 1.98 bits per heavy atom. The standard InChI is InChI=1S/C29H23N3O11S3/c1-15-3-5-17(6-4-15)29(34)30-23-12-16(2)11-19-14-24(45(38,39)40)26(27(33)25(19)23)32-31-22-10-7-18-13-20(44(35,36)37)8-9-21(18)28(22)46(41,42)43/h3-14,33H,1-2H3,(H,30,34)(H,35,36,37)(H,38,39,40)(H,41,42,43). The molecule has 5 aromatic carbocycles. The van der Waals surface area contributed by atoms with Gasteiger partial charge in [-0.3, -0.25) is 18.5 Å². The highest BCUT2D eigenvalue weighted by Gasteiger charge is 2.26. The third-order valence-electron chi connectivity index (χ3n) is 6.87. The van der Waals surface area contributed by atoms with Crippen molar-refractivity contribution in [2.24, 2.45) is 10.2 Å². The molecule has 17 heteroatoms. The molecule has 5 N–H and O–H groups in total. The van der Waals surface area contributed by atoms with E-state index in [0.717, 1.165) is 35.9 Å². The molecule has 0 fully saturated rings. The summed E-state index contributed by atoms with van der Waals surface area (Å²) in [4.78, 5) is 10.7. The van der Waals surface area contributed by atoms with Gasteiger partial charge in [0.05, 0.1) is 10.6 Å². The lowest BCUT2D eigenvalue weighted by atomic mass is 10.0. The minimum Gasteiger partial charge on any atom is -0.505 e. The van der Waals surface area contributed by atoms with Crippen molar-refractivity contribution in [3.05, 3.63) is 89.5 Å². The van der Waals surface area contributed by atoms with Crippen LogP contribution in [0.15, 0.2) is 97.7 Å². The number of anilines is 1. The topological polar surface area (TPSA) is 237 Å². The Labute approximate surface area is 262 Å². The zero-order chi connectivity index (χ0) is 33.8. The average Bonchev–Trinajstić information content (AvgIpc) is 2.94. The van der Waals surface area contributed by atoms with Crippen LogP contribution >= 0.6 is 0 Å². The summed E-state index contributed by atoms with van der Waals surface area (Å²) in [5.41, 5.74) is 0.407. The summed E-state index contributed by atoms with van der Waals surface area (Å²) in [6.07, 6.45) is 0. The van der Waals surface area contributed by atoms with E-state index in [-0.39, 0.29) is 32.8 Å². The second-order valence-electron chi connectivity index (χ2n) is 10.2. The second-order valence-corrected chi connectivity index (χ2v) is 14.4. The molecule has 0 heterocycles. The van der Waals surface area contributed by atoms with Gasteiger partial charge >= 0.3 is 0 Å². The monoisotopic (exact) mass is 685 g/mol. The van der Waals surface area contributed by atoms with Crippen molar-refractivity contribution >= 4 is 74.9 Å². The molecule has 46 heavy (non-hydrogen) atoms. The molecule has 0 unspecified atom stereocenters. The first-order valence-corrected chi connectivity index (χ1v) is 17.3. The van der Waals surface area contributed by atoms with E-state index in [2.05, 4.69) is 15.5 Å². The van der Waals surface area contributed by atoms with E-state index in [1.165, 1.54) is 18.2 Å². The summed E-state index contributed by atoms with van der Waals surface area (Å²) in [7, 11) is -14.8. The molecule has 14 nitrogen and oxygen atoms in total. The van der Waals surface area contributed by atoms with Crippen LogP contribution in [0, 0.1) is 13.8 Å². The lowest BCUT2D eigenvalue weighted by molar-refractivity contribution is 0.102. The predicted octanol–water partition coefficient (Wildman–Crippen LogP) is 5.72. The van der Waals surface area contributed by atoms with Gasteiger partial charge in [-0.25, -0.2) is 0 Å². The SMILES string of the molecule is Cc1ccc(C(=O)Nc2cc(C)cc3cc(S(=O)(=O)O)c(N=Nc4ccc5cc(S(=O)(=O)O)ccc5c4S(=O)(=O)O)c(O)c23)cc1. The number of carbonyl (C=O) groups excluding carboxylic acids is 1. The Kier molecular flexibility index (Phi) is 8.18. The normalized spacial score (nSPS) is 12.6. The second kappa shape index (κ2) is 11.5. The maximum Gasteiger partial charge on any atom is 0.297 e. The van der Waals surface area contributed by atoms with Gasteiger partial charge in [-0.2, -0.15) is 25.3 Å². The number of hydrogen-bond donors (Lipinski definition) is 5. The third kappa shape index (κ3) is 6.45. The summed E-state index contributed by atoms with van der Waals surface area (Å²) >= 11 is 0. The highest BCUT2D eigenvalue weighted by Crippen LogP contribution is 2.45. The molecule has 0 aromatic heterocycles. The van der Waals surface area contributed by atoms with Gasteiger partial charge in [0.15, 0.2) is 5.75 Å². The van der Waals surface area contributed by atoms with E-state index in [1.54, 1.807) is 31.2 Å². The number of nitrogens with zero attached hydrogens (tertiary/aromatic N) is 2. The van der Waals surface area contributed by atoms with Crippen LogP contribution in [0.25, 0.3) is 21.5 Å². The van der Waals surface area contributed by atoms with Crippen LogP contribution in [-0.4, -0.2) is 49.9 Å². The van der Waals surface area contributed by atoms with Gasteiger partial charge < -0.3 is 10.4 Å². The molecule has 5 aromatic rings. The van der Waals surface area contributed by atoms with Gasteiger partial charge in [0, 0.05) is 16.3 Å². The van der Waals surface area contributed by atoms with Gasteiger partial charge in [-0.1, -0.05) is 35.9 Å². The lowest BCUT2D eigenvalue weighted by Crippen LogP contribution is -2.12. The quantitative estimate of drug-likeness (QED) is 0.102. The molecule has 0 atom stereocenters. The Balaban J connectivity index is 1.72. The minimum absolute atomic E-state index is 0.0433. The molecular formula is C29H23N3O11S3. The number of nitrogens with one attached hydrogen (secondary N) is 1. The molecule has 1 amide bonds. The fraction of sp³-hybridized carbons (Fsp3) is 0.0690. The van der Waals surface area contributed by atoms with Crippen molar-refractivity contribution in [2.45, 2.75) is 28.5 Å². The summed E-state index contributed by atoms with van der Waals surface area (Å²) < 4.78 is 102. The largest absolute Gasteiger partial charge is 0.505 e. The highest BCUT2D eigenvalue weighted by molar-refractivity contribution is 7.86. The highest BCUT2D eigenvalue weighted by atomic mass is 32.2. The Bertz CT molecular complexity index is 2460. The number of phenolic OH excluding ortho intramolecular Hbond substituents is 1. The van der Waals surface area contributed by atoms with Gasteiger partial charge in [0.1, 0.15) is 21.2 Å². The fourth-order valence-electron chi connectivity index (χ4n) is 4.81. The molecule has 0 radical (unpaired) electrons. The molecule has 5 rings (SSSR count). The lowest BCUT2D eigenvalue weighted by Gasteiger charge is -2.15. The van der Waals surface area contributed by atoms with Gasteiger partial charge in [0.25, 0.3) is 36.3 Å². The Morgan fingerprint density at radius 2 is 1.37 bits per heavy atom. The Hall–Kier alpha value is -4.78. The summed E-state index contributed by atoms with van der Waals surface area (Å²) in [5, 5.41) is 21.3. The number of fused-ring (bicyclic) bond motifs is 2. The van der Waals surface area contributed by atoms with Crippen LogP contribution in [0.4, 0.5) is 17.1 Å². The fourth-order valence-corrected chi connectivity index (χ4v) is 6.82. The number of phenols is 1. The van der Waals surface area contributed by atoms with Crippen molar-refractivity contribution < 1.29 is 48.8 Å². The van der Waals surface area contributed by atoms with Crippen molar-refractivity contribution in [2.75, 3.05) is 5.32 Å². The van der Waals surface area contributed by atoms with E-state index in [0.29, 0.717) is 5.56 Å². The van der Waals surface area contributed by atoms with Crippen LogP contribution in [0.3, 0.4) is 0 Å². The van der Waals surface area contributed by atoms with E-state index in [9.17, 15) is 48.8 Å². The number of aryl methyl sites for hydroxylation is 2. The molecule has 0 aliphatic carbocycles. The first kappa shape index (κ1) is 32.6. The summed E-state index contributed by atoms with van der Waals surface area (Å²) in [6, 6.07) is 15.6. The number of hydrogen-bond acceptors (Lipinski definition) is 10. The van der Waals surface area contributed by atoms with Gasteiger partial charge in [-0.15, -0.1) is 10.2 Å². The minimum atomic E-state index is -5.09. The summed E-state index contributed by atoms with van der Waals surface area (Å²) in [6.45, 7) is 3.49. The zero-order valence-electron chi connectivity index (χ0n) is 23.7. The van der Waals surface area contributed by atoms with Crippen LogP contribution in [0.1, 0.15) is 21.5 Å². The molecular weight excluding hydrogens is 663 g/mol. The van der Waals surface area contributed by atoms with Crippen molar-refractivity contribution in [1.82, 2.24) is 0 Å². The average molecular weight is 686 g/mol. The van der Waals surface area contributed by atoms with E-state index in [1.807, 2.05) is 6.92 Å². The van der Waals surface area contributed by atoms with Crippen molar-refractivity contribution in [3.63, 3.8) is 0 Å². The summed E-state index contributed by atoms with van der Waals surface area (Å²) in [5.74, 6) is -1.40. The van der Waals surface area contributed by atoms with Crippen molar-refractivity contribution in [1.29, 1.82) is 0 Å². The molecule has 0 saturated carbocycles. The zero-order valence-corrected chi connectivity index (χ0v) is 26.1. The maximum atomic E-state index is 13.0. The van der Waals surface area contributed by atoms with E-state index >= 15 is 0 Å². The number of aromatic hydroxyl groups is 1. The number of benzene rings is 5. The third-order valence-corrected chi connectivity index (χ3v) is 9.53. The van der Waals surface area contributed by atoms with Gasteiger partial charge in [0.2, 0.25) is 0 Å². The molecule has 0 spiro atoms. The first-order chi connectivity index (χ1) is 21.3. The van der Waals surface area contributed by atoms with Crippen LogP contribution in [0.2, 0.25) is 0 Å². The van der Waals surface area contributed by atoms with Crippen molar-refractivity contribution in [3.8, 4) is 5.75 Å². The maximum absolute atomic E-state index is 13.0. The number of rotatable bonds is 7. The number of azo groups is 1. The molecule has 0 aliphatic heterocycles. The molecule has 0 aliphatic rings. The molecule has 0 bridgehead atoms. The van der Waals surface area contributed by atoms with Crippen LogP contribution in [0.5, 0.6) is 5.75 Å². The number of amides is 1. The van der Waals surface area contributed by atoms with E-state index in [4.69, 9.17) is 0 Å². The molecule has 238 valence electrons. The predicted molar refractivity (Wildman–Crippen MR) is 167 cm³/mol. The van der Waals surface area contributed by atoms with Gasteiger partial charge in [-0.05, 0) is 72.6 Å².